The highest BCUT2D eigenvalue weighted by Crippen LogP contribution is 2.25. The van der Waals surface area contributed by atoms with Gasteiger partial charge in [0.15, 0.2) is 0 Å². The average Bonchev–Trinajstić information content (AvgIpc) is 2.60. The molecule has 26 heavy (non-hydrogen) atoms. The molecule has 0 N–H and O–H groups in total. The van der Waals surface area contributed by atoms with E-state index in [1.54, 1.807) is 37.3 Å². The summed E-state index contributed by atoms with van der Waals surface area (Å²) in [4.78, 5) is 22.8. The van der Waals surface area contributed by atoms with Crippen molar-refractivity contribution in [2.24, 2.45) is 0 Å². The largest absolute Gasteiger partial charge is 0.550 e. The summed E-state index contributed by atoms with van der Waals surface area (Å²) >= 11 is 0. The van der Waals surface area contributed by atoms with Crippen molar-refractivity contribution in [2.45, 2.75) is 26.4 Å². The Balaban J connectivity index is 1.84. The van der Waals surface area contributed by atoms with Gasteiger partial charge in [0.1, 0.15) is 23.8 Å². The van der Waals surface area contributed by atoms with Crippen LogP contribution in [-0.4, -0.2) is 5.97 Å². The number of carboxylic acids is 1. The number of ether oxygens (including phenoxy) is 1. The van der Waals surface area contributed by atoms with Gasteiger partial charge >= 0.3 is 5.63 Å². The summed E-state index contributed by atoms with van der Waals surface area (Å²) in [5, 5.41) is 11.3. The molecule has 0 radical (unpaired) electrons. The Morgan fingerprint density at radius 1 is 1.19 bits per heavy atom. The van der Waals surface area contributed by atoms with E-state index < -0.39 is 11.6 Å². The molecule has 0 aliphatic carbocycles. The van der Waals surface area contributed by atoms with E-state index in [9.17, 15) is 19.1 Å². The van der Waals surface area contributed by atoms with E-state index in [0.717, 1.165) is 5.56 Å². The van der Waals surface area contributed by atoms with Gasteiger partial charge < -0.3 is 19.1 Å². The molecule has 1 aromatic heterocycles. The molecule has 0 aliphatic rings. The van der Waals surface area contributed by atoms with Gasteiger partial charge in [-0.15, -0.1) is 0 Å². The number of aryl methyl sites for hydroxylation is 1. The van der Waals surface area contributed by atoms with Gasteiger partial charge in [0.25, 0.3) is 0 Å². The molecule has 0 atom stereocenters. The summed E-state index contributed by atoms with van der Waals surface area (Å²) in [6.45, 7) is 2.00. The van der Waals surface area contributed by atoms with Crippen LogP contribution in [0.25, 0.3) is 11.0 Å². The lowest BCUT2D eigenvalue weighted by molar-refractivity contribution is -0.305. The van der Waals surface area contributed by atoms with E-state index in [4.69, 9.17) is 9.15 Å². The Kier molecular flexibility index (Phi) is 5.02. The third-order valence-electron chi connectivity index (χ3n) is 4.16. The Hall–Kier alpha value is -3.15. The van der Waals surface area contributed by atoms with Crippen molar-refractivity contribution in [3.63, 3.8) is 0 Å². The van der Waals surface area contributed by atoms with Gasteiger partial charge in [-0.3, -0.25) is 0 Å². The smallest absolute Gasteiger partial charge is 0.339 e. The molecule has 3 rings (SSSR count). The Labute approximate surface area is 148 Å². The molecule has 5 nitrogen and oxygen atoms in total. The number of hydrogen-bond acceptors (Lipinski definition) is 5. The summed E-state index contributed by atoms with van der Waals surface area (Å²) in [5.74, 6) is -1.02. The first-order chi connectivity index (χ1) is 12.4. The molecule has 0 unspecified atom stereocenters. The van der Waals surface area contributed by atoms with Crippen molar-refractivity contribution in [3.05, 3.63) is 75.4 Å². The van der Waals surface area contributed by atoms with Gasteiger partial charge in [-0.1, -0.05) is 12.1 Å². The molecule has 0 saturated carbocycles. The second-order valence-corrected chi connectivity index (χ2v) is 5.94. The van der Waals surface area contributed by atoms with Crippen molar-refractivity contribution < 1.29 is 23.4 Å². The van der Waals surface area contributed by atoms with E-state index in [1.165, 1.54) is 12.1 Å². The lowest BCUT2D eigenvalue weighted by Gasteiger charge is -2.10. The zero-order valence-electron chi connectivity index (χ0n) is 14.1. The van der Waals surface area contributed by atoms with Gasteiger partial charge in [0.05, 0.1) is 0 Å². The number of aliphatic carboxylic acids is 1. The summed E-state index contributed by atoms with van der Waals surface area (Å²) in [5.41, 5.74) is 1.62. The topological polar surface area (TPSA) is 79.6 Å². The van der Waals surface area contributed by atoms with Crippen LogP contribution < -0.4 is 15.5 Å². The molecule has 1 heterocycles. The number of hydrogen-bond donors (Lipinski definition) is 0. The first-order valence-electron chi connectivity index (χ1n) is 8.07. The minimum Gasteiger partial charge on any atom is -0.550 e. The fourth-order valence-electron chi connectivity index (χ4n) is 2.73. The van der Waals surface area contributed by atoms with E-state index >= 15 is 0 Å². The predicted molar refractivity (Wildman–Crippen MR) is 91.3 cm³/mol. The molecular weight excluding hydrogens is 339 g/mol. The summed E-state index contributed by atoms with van der Waals surface area (Å²) in [6, 6.07) is 11.1. The molecule has 134 valence electrons. The van der Waals surface area contributed by atoms with Crippen LogP contribution in [0, 0.1) is 12.7 Å². The fraction of sp³-hybridized carbons (Fsp3) is 0.200. The number of carbonyl (C=O) groups excluding carboxylic acids is 1. The second kappa shape index (κ2) is 7.39. The molecule has 0 saturated heterocycles. The Morgan fingerprint density at radius 2 is 1.92 bits per heavy atom. The molecule has 0 fully saturated rings. The highest BCUT2D eigenvalue weighted by Gasteiger charge is 2.12. The van der Waals surface area contributed by atoms with Crippen LogP contribution in [0.15, 0.2) is 51.7 Å². The summed E-state index contributed by atoms with van der Waals surface area (Å²) in [6.07, 6.45) is -0.175. The van der Waals surface area contributed by atoms with Crippen LogP contribution in [0.1, 0.15) is 23.1 Å². The molecule has 0 bridgehead atoms. The van der Waals surface area contributed by atoms with E-state index in [1.807, 2.05) is 0 Å². The number of benzene rings is 2. The Morgan fingerprint density at radius 3 is 2.62 bits per heavy atom. The van der Waals surface area contributed by atoms with Crippen LogP contribution in [0.3, 0.4) is 0 Å². The minimum absolute atomic E-state index is 0.0647. The average molecular weight is 355 g/mol. The lowest BCUT2D eigenvalue weighted by Crippen LogP contribution is -2.24. The van der Waals surface area contributed by atoms with Crippen LogP contribution in [-0.2, 0) is 17.8 Å². The molecule has 2 aromatic carbocycles. The van der Waals surface area contributed by atoms with E-state index in [0.29, 0.717) is 27.8 Å². The van der Waals surface area contributed by atoms with Crippen molar-refractivity contribution in [1.29, 1.82) is 0 Å². The van der Waals surface area contributed by atoms with E-state index in [2.05, 4.69) is 0 Å². The predicted octanol–water partition coefficient (Wildman–Crippen LogP) is 2.50. The third kappa shape index (κ3) is 3.91. The second-order valence-electron chi connectivity index (χ2n) is 5.94. The van der Waals surface area contributed by atoms with Gasteiger partial charge in [-0.05, 0) is 55.2 Å². The third-order valence-corrected chi connectivity index (χ3v) is 4.16. The van der Waals surface area contributed by atoms with Crippen molar-refractivity contribution in [3.8, 4) is 5.75 Å². The maximum absolute atomic E-state index is 12.9. The number of carbonyl (C=O) groups is 1. The van der Waals surface area contributed by atoms with E-state index in [-0.39, 0.29) is 25.3 Å². The normalized spacial score (nSPS) is 10.8. The quantitative estimate of drug-likeness (QED) is 0.635. The number of fused-ring (bicyclic) bond motifs is 1. The molecule has 6 heteroatoms. The molecular formula is C20H16FO5-. The van der Waals surface area contributed by atoms with Gasteiger partial charge in [0, 0.05) is 23.0 Å². The van der Waals surface area contributed by atoms with Crippen LogP contribution >= 0.6 is 0 Å². The standard InChI is InChI=1S/C20H17FO5/c1-12-16-7-6-15(25-11-13-2-4-14(21)5-3-13)10-18(16)26-20(24)17(12)8-9-19(22)23/h2-7,10H,8-9,11H2,1H3,(H,22,23)/p-1. The molecule has 3 aromatic rings. The van der Waals surface area contributed by atoms with Crippen molar-refractivity contribution in [2.75, 3.05) is 0 Å². The minimum atomic E-state index is -1.21. The lowest BCUT2D eigenvalue weighted by atomic mass is 10.0. The highest BCUT2D eigenvalue weighted by molar-refractivity contribution is 5.82. The highest BCUT2D eigenvalue weighted by atomic mass is 19.1. The first kappa shape index (κ1) is 17.7. The van der Waals surface area contributed by atoms with Gasteiger partial charge in [0.2, 0.25) is 0 Å². The monoisotopic (exact) mass is 355 g/mol. The summed E-state index contributed by atoms with van der Waals surface area (Å²) < 4.78 is 23.9. The molecule has 0 spiro atoms. The molecule has 0 amide bonds. The first-order valence-corrected chi connectivity index (χ1v) is 8.07. The van der Waals surface area contributed by atoms with Crippen LogP contribution in [0.4, 0.5) is 4.39 Å². The maximum Gasteiger partial charge on any atom is 0.339 e. The van der Waals surface area contributed by atoms with Crippen molar-refractivity contribution >= 4 is 16.9 Å². The SMILES string of the molecule is Cc1c(CCC(=O)[O-])c(=O)oc2cc(OCc3ccc(F)cc3)ccc12. The fourth-order valence-corrected chi connectivity index (χ4v) is 2.73. The van der Waals surface area contributed by atoms with Crippen molar-refractivity contribution in [1.82, 2.24) is 0 Å². The number of halogens is 1. The summed E-state index contributed by atoms with van der Waals surface area (Å²) in [7, 11) is 0. The zero-order valence-corrected chi connectivity index (χ0v) is 14.1. The van der Waals surface area contributed by atoms with Gasteiger partial charge in [-0.2, -0.15) is 0 Å². The van der Waals surface area contributed by atoms with Crippen LogP contribution in [0.5, 0.6) is 5.75 Å². The Bertz CT molecular complexity index is 1010. The van der Waals surface area contributed by atoms with Gasteiger partial charge in [-0.25, -0.2) is 9.18 Å². The zero-order chi connectivity index (χ0) is 18.7. The van der Waals surface area contributed by atoms with Crippen LogP contribution in [0.2, 0.25) is 0 Å². The number of carboxylic acid groups (broad SMARTS) is 1. The maximum atomic E-state index is 12.9. The number of rotatable bonds is 6. The molecule has 0 aliphatic heterocycles.